The summed E-state index contributed by atoms with van der Waals surface area (Å²) in [5.41, 5.74) is 3.42. The number of anilines is 1. The van der Waals surface area contributed by atoms with Gasteiger partial charge in [0.1, 0.15) is 16.5 Å². The molecule has 7 nitrogen and oxygen atoms in total. The zero-order valence-electron chi connectivity index (χ0n) is 19.2. The van der Waals surface area contributed by atoms with Crippen LogP contribution >= 0.6 is 0 Å². The summed E-state index contributed by atoms with van der Waals surface area (Å²) in [6.45, 7) is 4.76. The lowest BCUT2D eigenvalue weighted by Crippen LogP contribution is -2.37. The van der Waals surface area contributed by atoms with Gasteiger partial charge >= 0.3 is 16.1 Å². The molecular formula is C25H27FN2O5S. The van der Waals surface area contributed by atoms with Crippen LogP contribution in [0, 0.1) is 19.7 Å². The number of amides is 2. The van der Waals surface area contributed by atoms with Gasteiger partial charge in [-0.2, -0.15) is 8.42 Å². The largest absolute Gasteiger partial charge is 0.383 e. The van der Waals surface area contributed by atoms with Crippen LogP contribution in [0.15, 0.2) is 71.6 Å². The number of aryl methyl sites for hydroxylation is 2. The minimum atomic E-state index is -4.13. The fourth-order valence-corrected chi connectivity index (χ4v) is 4.22. The molecule has 0 saturated heterocycles. The van der Waals surface area contributed by atoms with E-state index in [1.165, 1.54) is 6.07 Å². The van der Waals surface area contributed by atoms with Crippen LogP contribution in [0.4, 0.5) is 14.9 Å². The van der Waals surface area contributed by atoms with Gasteiger partial charge in [0.2, 0.25) is 0 Å². The number of carbonyl (C=O) groups excluding carboxylic acids is 1. The smallest absolute Gasteiger partial charge is 0.339 e. The van der Waals surface area contributed by atoms with E-state index in [0.717, 1.165) is 35.4 Å². The van der Waals surface area contributed by atoms with Crippen LogP contribution in [0.1, 0.15) is 16.7 Å². The summed E-state index contributed by atoms with van der Waals surface area (Å²) < 4.78 is 48.5. The Hall–Kier alpha value is -3.43. The Morgan fingerprint density at radius 1 is 1.03 bits per heavy atom. The molecule has 3 rings (SSSR count). The fourth-order valence-electron chi connectivity index (χ4n) is 3.29. The molecule has 0 fully saturated rings. The van der Waals surface area contributed by atoms with Crippen LogP contribution in [0.5, 0.6) is 5.75 Å². The van der Waals surface area contributed by atoms with Gasteiger partial charge in [-0.3, -0.25) is 0 Å². The molecule has 0 aromatic heterocycles. The molecule has 3 aromatic carbocycles. The predicted octanol–water partition coefficient (Wildman–Crippen LogP) is 4.89. The monoisotopic (exact) mass is 486 g/mol. The maximum atomic E-state index is 13.1. The Bertz CT molecular complexity index is 1250. The van der Waals surface area contributed by atoms with Crippen molar-refractivity contribution >= 4 is 21.8 Å². The summed E-state index contributed by atoms with van der Waals surface area (Å²) in [7, 11) is -2.58. The Labute approximate surface area is 199 Å². The van der Waals surface area contributed by atoms with Gasteiger partial charge in [-0.05, 0) is 67.4 Å². The van der Waals surface area contributed by atoms with Crippen molar-refractivity contribution in [3.8, 4) is 5.75 Å². The molecule has 0 unspecified atom stereocenters. The van der Waals surface area contributed by atoms with Gasteiger partial charge in [0.15, 0.2) is 0 Å². The van der Waals surface area contributed by atoms with E-state index in [0.29, 0.717) is 24.4 Å². The summed E-state index contributed by atoms with van der Waals surface area (Å²) in [5.74, 6) is -0.459. The topological polar surface area (TPSA) is 84.9 Å². The lowest BCUT2D eigenvalue weighted by atomic mass is 10.1. The Morgan fingerprint density at radius 3 is 2.44 bits per heavy atom. The number of rotatable bonds is 9. The Balaban J connectivity index is 1.76. The average molecular weight is 487 g/mol. The first-order chi connectivity index (χ1) is 16.2. The second-order valence-corrected chi connectivity index (χ2v) is 9.35. The molecule has 0 aliphatic heterocycles. The molecule has 0 heterocycles. The van der Waals surface area contributed by atoms with Crippen molar-refractivity contribution in [2.24, 2.45) is 0 Å². The number of carbonyl (C=O) groups is 1. The quantitative estimate of drug-likeness (QED) is 0.435. The molecule has 0 aliphatic rings. The number of halogens is 1. The molecule has 0 bridgehead atoms. The van der Waals surface area contributed by atoms with Gasteiger partial charge in [0, 0.05) is 25.9 Å². The Morgan fingerprint density at radius 2 is 1.76 bits per heavy atom. The van der Waals surface area contributed by atoms with Crippen molar-refractivity contribution in [1.82, 2.24) is 4.90 Å². The number of nitrogens with zero attached hydrogens (tertiary/aromatic N) is 1. The van der Waals surface area contributed by atoms with E-state index >= 15 is 0 Å². The summed E-state index contributed by atoms with van der Waals surface area (Å²) in [6.07, 6.45) is 0. The van der Waals surface area contributed by atoms with Crippen molar-refractivity contribution in [1.29, 1.82) is 0 Å². The number of urea groups is 1. The van der Waals surface area contributed by atoms with Crippen LogP contribution in [0.25, 0.3) is 0 Å². The minimum Gasteiger partial charge on any atom is -0.383 e. The SMILES string of the molecule is COCCN(Cc1cccc(OS(=O)(=O)c2ccc(F)cc2)c1)C(=O)Nc1ccc(C)cc1C. The van der Waals surface area contributed by atoms with Gasteiger partial charge in [-0.1, -0.05) is 29.8 Å². The standard InChI is InChI=1S/C25H27FN2O5S/c1-18-7-12-24(19(2)15-18)27-25(29)28(13-14-32-3)17-20-5-4-6-22(16-20)33-34(30,31)23-10-8-21(26)9-11-23/h4-12,15-16H,13-14,17H2,1-3H3,(H,27,29). The second kappa shape index (κ2) is 11.1. The van der Waals surface area contributed by atoms with Crippen LogP contribution in [-0.4, -0.2) is 39.6 Å². The van der Waals surface area contributed by atoms with E-state index in [2.05, 4.69) is 5.32 Å². The second-order valence-electron chi connectivity index (χ2n) is 7.80. The average Bonchev–Trinajstić information content (AvgIpc) is 2.78. The van der Waals surface area contributed by atoms with E-state index in [4.69, 9.17) is 8.92 Å². The van der Waals surface area contributed by atoms with E-state index in [-0.39, 0.29) is 23.2 Å². The lowest BCUT2D eigenvalue weighted by Gasteiger charge is -2.24. The van der Waals surface area contributed by atoms with Gasteiger partial charge in [-0.15, -0.1) is 0 Å². The van der Waals surface area contributed by atoms with E-state index < -0.39 is 15.9 Å². The van der Waals surface area contributed by atoms with E-state index in [1.54, 1.807) is 30.2 Å². The first-order valence-electron chi connectivity index (χ1n) is 10.6. The minimum absolute atomic E-state index is 0.0864. The van der Waals surface area contributed by atoms with Crippen molar-refractivity contribution in [3.63, 3.8) is 0 Å². The molecule has 180 valence electrons. The third-order valence-corrected chi connectivity index (χ3v) is 6.32. The van der Waals surface area contributed by atoms with Crippen LogP contribution in [0.3, 0.4) is 0 Å². The fraction of sp³-hybridized carbons (Fsp3) is 0.240. The van der Waals surface area contributed by atoms with Crippen LogP contribution in [-0.2, 0) is 21.4 Å². The summed E-state index contributed by atoms with van der Waals surface area (Å²) in [5, 5.41) is 2.92. The highest BCUT2D eigenvalue weighted by Crippen LogP contribution is 2.22. The number of nitrogens with one attached hydrogen (secondary N) is 1. The van der Waals surface area contributed by atoms with Crippen molar-refractivity contribution in [3.05, 3.63) is 89.2 Å². The maximum Gasteiger partial charge on any atom is 0.339 e. The molecule has 0 spiro atoms. The molecule has 9 heteroatoms. The predicted molar refractivity (Wildman–Crippen MR) is 128 cm³/mol. The zero-order valence-corrected chi connectivity index (χ0v) is 20.1. The first kappa shape index (κ1) is 25.2. The third-order valence-electron chi connectivity index (χ3n) is 5.06. The molecule has 0 radical (unpaired) electrons. The van der Waals surface area contributed by atoms with Crippen molar-refractivity contribution < 1.29 is 26.5 Å². The van der Waals surface area contributed by atoms with Crippen molar-refractivity contribution in [2.75, 3.05) is 25.6 Å². The third kappa shape index (κ3) is 6.79. The number of hydrogen-bond donors (Lipinski definition) is 1. The molecule has 2 amide bonds. The zero-order chi connectivity index (χ0) is 24.7. The first-order valence-corrected chi connectivity index (χ1v) is 12.0. The van der Waals surface area contributed by atoms with Crippen LogP contribution in [0.2, 0.25) is 0 Å². The molecule has 1 N–H and O–H groups in total. The number of ether oxygens (including phenoxy) is 1. The number of benzene rings is 3. The highest BCUT2D eigenvalue weighted by atomic mass is 32.2. The maximum absolute atomic E-state index is 13.1. The molecule has 0 aliphatic carbocycles. The van der Waals surface area contributed by atoms with Gasteiger partial charge in [0.25, 0.3) is 0 Å². The van der Waals surface area contributed by atoms with E-state index in [1.807, 2.05) is 32.0 Å². The number of methoxy groups -OCH3 is 1. The lowest BCUT2D eigenvalue weighted by molar-refractivity contribution is 0.153. The molecular weight excluding hydrogens is 459 g/mol. The van der Waals surface area contributed by atoms with Gasteiger partial charge < -0.3 is 19.1 Å². The highest BCUT2D eigenvalue weighted by molar-refractivity contribution is 7.87. The normalized spacial score (nSPS) is 11.2. The van der Waals surface area contributed by atoms with E-state index in [9.17, 15) is 17.6 Å². The summed E-state index contributed by atoms with van der Waals surface area (Å²) >= 11 is 0. The molecule has 34 heavy (non-hydrogen) atoms. The molecule has 3 aromatic rings. The van der Waals surface area contributed by atoms with Gasteiger partial charge in [0.05, 0.1) is 6.61 Å². The van der Waals surface area contributed by atoms with Crippen molar-refractivity contribution in [2.45, 2.75) is 25.3 Å². The summed E-state index contributed by atoms with van der Waals surface area (Å²) in [6, 6.07) is 16.3. The Kier molecular flexibility index (Phi) is 8.25. The van der Waals surface area contributed by atoms with Gasteiger partial charge in [-0.25, -0.2) is 9.18 Å². The van der Waals surface area contributed by atoms with Crippen LogP contribution < -0.4 is 9.50 Å². The number of hydrogen-bond acceptors (Lipinski definition) is 5. The molecule has 0 atom stereocenters. The molecule has 0 saturated carbocycles. The summed E-state index contributed by atoms with van der Waals surface area (Å²) in [4.78, 5) is 14.4. The highest BCUT2D eigenvalue weighted by Gasteiger charge is 2.19.